The van der Waals surface area contributed by atoms with Crippen LogP contribution >= 0.6 is 15.9 Å². The molecular weight excluding hydrogens is 560 g/mol. The molecule has 1 aliphatic rings. The number of nitrogens with one attached hydrogen (secondary N) is 3. The fourth-order valence-electron chi connectivity index (χ4n) is 3.29. The first-order valence-corrected chi connectivity index (χ1v) is 12.1. The Kier molecular flexibility index (Phi) is 8.77. The molecule has 0 radical (unpaired) electrons. The first-order chi connectivity index (χ1) is 18.4. The highest BCUT2D eigenvalue weighted by molar-refractivity contribution is 9.10. The molecule has 0 atom stereocenters. The molecule has 0 saturated carbocycles. The van der Waals surface area contributed by atoms with E-state index >= 15 is 0 Å². The van der Waals surface area contributed by atoms with Crippen molar-refractivity contribution in [3.05, 3.63) is 76.3 Å². The van der Waals surface area contributed by atoms with Crippen LogP contribution in [0.15, 0.2) is 70.2 Å². The van der Waals surface area contributed by atoms with Gasteiger partial charge in [-0.1, -0.05) is 22.0 Å². The van der Waals surface area contributed by atoms with Gasteiger partial charge in [-0.15, -0.1) is 0 Å². The van der Waals surface area contributed by atoms with Crippen LogP contribution in [0, 0.1) is 0 Å². The van der Waals surface area contributed by atoms with Crippen molar-refractivity contribution in [3.8, 4) is 23.0 Å². The summed E-state index contributed by atoms with van der Waals surface area (Å²) in [6.07, 6.45) is 1.34. The lowest BCUT2D eigenvalue weighted by Crippen LogP contribution is -2.37. The van der Waals surface area contributed by atoms with Crippen molar-refractivity contribution in [2.24, 2.45) is 5.10 Å². The average Bonchev–Trinajstić information content (AvgIpc) is 3.40. The van der Waals surface area contributed by atoms with Crippen molar-refractivity contribution in [2.75, 3.05) is 25.8 Å². The van der Waals surface area contributed by atoms with Crippen LogP contribution in [0.4, 0.5) is 5.69 Å². The summed E-state index contributed by atoms with van der Waals surface area (Å²) < 4.78 is 22.3. The molecule has 1 heterocycles. The Morgan fingerprint density at radius 1 is 0.974 bits per heavy atom. The molecule has 38 heavy (non-hydrogen) atoms. The van der Waals surface area contributed by atoms with E-state index in [1.807, 2.05) is 12.1 Å². The Morgan fingerprint density at radius 2 is 1.76 bits per heavy atom. The number of rotatable bonds is 9. The minimum atomic E-state index is -0.925. The van der Waals surface area contributed by atoms with Crippen LogP contribution < -0.4 is 35.0 Å². The number of hydrogen-bond donors (Lipinski definition) is 3. The van der Waals surface area contributed by atoms with Gasteiger partial charge in [0.25, 0.3) is 5.91 Å². The molecule has 1 aliphatic heterocycles. The average molecular weight is 583 g/mol. The van der Waals surface area contributed by atoms with E-state index < -0.39 is 11.8 Å². The quantitative estimate of drug-likeness (QED) is 0.200. The predicted octanol–water partition coefficient (Wildman–Crippen LogP) is 2.97. The van der Waals surface area contributed by atoms with Crippen molar-refractivity contribution in [1.82, 2.24) is 10.7 Å². The standard InChI is InChI=1S/C26H23BrN4O7/c1-35-22-10-17(3-8-20(22)36-14-24(32)30-19-6-4-18(27)5-7-19)13-29-31-26(34)25(33)28-12-16-2-9-21-23(11-16)38-15-37-21/h2-11,13H,12,14-15H2,1H3,(H,28,33)(H,30,32)(H,31,34)/b29-13-. The van der Waals surface area contributed by atoms with Crippen molar-refractivity contribution >= 4 is 45.6 Å². The maximum absolute atomic E-state index is 12.2. The van der Waals surface area contributed by atoms with E-state index in [0.717, 1.165) is 10.0 Å². The number of benzene rings is 3. The van der Waals surface area contributed by atoms with Gasteiger partial charge in [0.05, 0.1) is 13.3 Å². The van der Waals surface area contributed by atoms with Crippen molar-refractivity contribution in [2.45, 2.75) is 6.54 Å². The molecule has 0 fully saturated rings. The van der Waals surface area contributed by atoms with Gasteiger partial charge in [-0.3, -0.25) is 14.4 Å². The Labute approximate surface area is 226 Å². The molecular formula is C26H23BrN4O7. The molecule has 196 valence electrons. The first kappa shape index (κ1) is 26.5. The predicted molar refractivity (Wildman–Crippen MR) is 141 cm³/mol. The highest BCUT2D eigenvalue weighted by Crippen LogP contribution is 2.32. The lowest BCUT2D eigenvalue weighted by molar-refractivity contribution is -0.139. The number of carbonyl (C=O) groups excluding carboxylic acids is 3. The second-order valence-corrected chi connectivity index (χ2v) is 8.74. The van der Waals surface area contributed by atoms with Crippen molar-refractivity contribution in [3.63, 3.8) is 0 Å². The SMILES string of the molecule is COc1cc(/C=N\NC(=O)C(=O)NCc2ccc3c(c2)OCO3)ccc1OCC(=O)Nc1ccc(Br)cc1. The summed E-state index contributed by atoms with van der Waals surface area (Å²) in [7, 11) is 1.46. The summed E-state index contributed by atoms with van der Waals surface area (Å²) in [6.45, 7) is 0.0569. The summed E-state index contributed by atoms with van der Waals surface area (Å²) in [6, 6.07) is 17.2. The van der Waals surface area contributed by atoms with E-state index in [4.69, 9.17) is 18.9 Å². The fraction of sp³-hybridized carbons (Fsp3) is 0.154. The Morgan fingerprint density at radius 3 is 2.55 bits per heavy atom. The van der Waals surface area contributed by atoms with Gasteiger partial charge in [0.1, 0.15) is 0 Å². The summed E-state index contributed by atoms with van der Waals surface area (Å²) in [5.74, 6) is -0.180. The third-order valence-corrected chi connectivity index (χ3v) is 5.68. The van der Waals surface area contributed by atoms with E-state index in [1.165, 1.54) is 13.3 Å². The molecule has 3 N–H and O–H groups in total. The van der Waals surface area contributed by atoms with E-state index in [-0.39, 0.29) is 25.9 Å². The summed E-state index contributed by atoms with van der Waals surface area (Å²) >= 11 is 3.34. The zero-order valence-corrected chi connectivity index (χ0v) is 21.7. The van der Waals surface area contributed by atoms with Gasteiger partial charge < -0.3 is 29.6 Å². The second kappa shape index (κ2) is 12.6. The van der Waals surface area contributed by atoms with Gasteiger partial charge in [0, 0.05) is 16.7 Å². The van der Waals surface area contributed by atoms with Gasteiger partial charge in [0.15, 0.2) is 29.6 Å². The number of anilines is 1. The van der Waals surface area contributed by atoms with E-state index in [9.17, 15) is 14.4 Å². The van der Waals surface area contributed by atoms with Gasteiger partial charge in [-0.05, 0) is 65.7 Å². The Hall–Kier alpha value is -4.58. The summed E-state index contributed by atoms with van der Waals surface area (Å²) in [4.78, 5) is 36.3. The number of methoxy groups -OCH3 is 1. The van der Waals surface area contributed by atoms with Gasteiger partial charge in [0.2, 0.25) is 6.79 Å². The summed E-state index contributed by atoms with van der Waals surface area (Å²) in [5.41, 5.74) is 4.13. The zero-order chi connectivity index (χ0) is 26.9. The van der Waals surface area contributed by atoms with Gasteiger partial charge in [-0.2, -0.15) is 5.10 Å². The number of halogens is 1. The largest absolute Gasteiger partial charge is 0.493 e. The molecule has 0 aliphatic carbocycles. The van der Waals surface area contributed by atoms with Crippen LogP contribution in [0.5, 0.6) is 23.0 Å². The van der Waals surface area contributed by atoms with Crippen LogP contribution in [0.3, 0.4) is 0 Å². The number of hydrazone groups is 1. The summed E-state index contributed by atoms with van der Waals surface area (Å²) in [5, 5.41) is 9.06. The van der Waals surface area contributed by atoms with Crippen LogP contribution in [0.25, 0.3) is 0 Å². The third kappa shape index (κ3) is 7.23. The molecule has 0 spiro atoms. The number of hydrogen-bond acceptors (Lipinski definition) is 8. The Bertz CT molecular complexity index is 1360. The van der Waals surface area contributed by atoms with Gasteiger partial charge in [-0.25, -0.2) is 5.43 Å². The number of amides is 3. The molecule has 3 amide bonds. The monoisotopic (exact) mass is 582 g/mol. The molecule has 11 nitrogen and oxygen atoms in total. The molecule has 0 bridgehead atoms. The number of carbonyl (C=O) groups is 3. The highest BCUT2D eigenvalue weighted by atomic mass is 79.9. The zero-order valence-electron chi connectivity index (χ0n) is 20.2. The van der Waals surface area contributed by atoms with Crippen LogP contribution in [0.1, 0.15) is 11.1 Å². The minimum Gasteiger partial charge on any atom is -0.493 e. The fourth-order valence-corrected chi connectivity index (χ4v) is 3.55. The molecule has 3 aromatic carbocycles. The van der Waals surface area contributed by atoms with Gasteiger partial charge >= 0.3 is 11.8 Å². The molecule has 12 heteroatoms. The molecule has 0 aromatic heterocycles. The molecule has 0 unspecified atom stereocenters. The smallest absolute Gasteiger partial charge is 0.329 e. The lowest BCUT2D eigenvalue weighted by atomic mass is 10.2. The normalized spacial score (nSPS) is 11.6. The van der Waals surface area contributed by atoms with Crippen LogP contribution in [0.2, 0.25) is 0 Å². The molecule has 0 saturated heterocycles. The molecule has 4 rings (SSSR count). The maximum atomic E-state index is 12.2. The van der Waals surface area contributed by atoms with Crippen molar-refractivity contribution < 1.29 is 33.3 Å². The van der Waals surface area contributed by atoms with Crippen molar-refractivity contribution in [1.29, 1.82) is 0 Å². The van der Waals surface area contributed by atoms with E-state index in [2.05, 4.69) is 37.1 Å². The topological polar surface area (TPSA) is 137 Å². The number of fused-ring (bicyclic) bond motifs is 1. The maximum Gasteiger partial charge on any atom is 0.329 e. The highest BCUT2D eigenvalue weighted by Gasteiger charge is 2.16. The number of ether oxygens (including phenoxy) is 4. The van der Waals surface area contributed by atoms with E-state index in [0.29, 0.717) is 34.2 Å². The minimum absolute atomic E-state index is 0.131. The lowest BCUT2D eigenvalue weighted by Gasteiger charge is -2.11. The second-order valence-electron chi connectivity index (χ2n) is 7.82. The Balaban J connectivity index is 1.24. The molecule has 3 aromatic rings. The first-order valence-electron chi connectivity index (χ1n) is 11.3. The third-order valence-electron chi connectivity index (χ3n) is 5.15. The van der Waals surface area contributed by atoms with Crippen LogP contribution in [-0.4, -0.2) is 44.4 Å². The number of nitrogens with zero attached hydrogens (tertiary/aromatic N) is 1. The van der Waals surface area contributed by atoms with Crippen LogP contribution in [-0.2, 0) is 20.9 Å². The van der Waals surface area contributed by atoms with E-state index in [1.54, 1.807) is 48.5 Å².